The summed E-state index contributed by atoms with van der Waals surface area (Å²) >= 11 is 5.65. The Morgan fingerprint density at radius 2 is 1.73 bits per heavy atom. The first-order valence-electron chi connectivity index (χ1n) is 9.77. The Morgan fingerprint density at radius 1 is 1.00 bits per heavy atom. The first kappa shape index (κ1) is 18.5. The van der Waals surface area contributed by atoms with Gasteiger partial charge in [0.2, 0.25) is 0 Å². The van der Waals surface area contributed by atoms with Gasteiger partial charge in [0.05, 0.1) is 7.05 Å². The van der Waals surface area contributed by atoms with Crippen molar-refractivity contribution in [3.05, 3.63) is 57.6 Å². The van der Waals surface area contributed by atoms with E-state index in [0.717, 1.165) is 6.42 Å². The number of quaternary nitrogens is 2. The number of benzene rings is 2. The maximum absolute atomic E-state index is 3.69. The number of nitrogens with one attached hydrogen (secondary N) is 2. The number of hydrogen-bond donors (Lipinski definition) is 2. The molecule has 0 saturated carbocycles. The van der Waals surface area contributed by atoms with Gasteiger partial charge in [-0.15, -0.1) is 0 Å². The molecule has 138 valence electrons. The molecule has 0 unspecified atom stereocenters. The van der Waals surface area contributed by atoms with Crippen LogP contribution in [-0.2, 0) is 6.42 Å². The average molecular weight is 433 g/mol. The van der Waals surface area contributed by atoms with E-state index < -0.39 is 0 Å². The smallest absolute Gasteiger partial charge is 0.127 e. The molecule has 2 nitrogen and oxygen atoms in total. The van der Waals surface area contributed by atoms with E-state index in [1.165, 1.54) is 51.6 Å². The topological polar surface area (TPSA) is 8.88 Å². The average Bonchev–Trinajstić information content (AvgIpc) is 2.78. The number of likely N-dealkylation sites (N-methyl/N-ethyl adjacent to an activating group) is 1. The number of fused-ring (bicyclic) bond motifs is 2. The van der Waals surface area contributed by atoms with Crippen LogP contribution in [0.2, 0.25) is 0 Å². The Morgan fingerprint density at radius 3 is 2.46 bits per heavy atom. The van der Waals surface area contributed by atoms with E-state index in [2.05, 4.69) is 73.2 Å². The van der Waals surface area contributed by atoms with Gasteiger partial charge < -0.3 is 9.80 Å². The van der Waals surface area contributed by atoms with Gasteiger partial charge in [-0.2, -0.15) is 0 Å². The van der Waals surface area contributed by atoms with Crippen LogP contribution in [0.3, 0.4) is 0 Å². The molecule has 4 heteroatoms. The van der Waals surface area contributed by atoms with E-state index in [9.17, 15) is 0 Å². The first-order chi connectivity index (χ1) is 12.5. The van der Waals surface area contributed by atoms with E-state index in [1.807, 2.05) is 11.8 Å². The largest absolute Gasteiger partial charge is 0.328 e. The van der Waals surface area contributed by atoms with Crippen molar-refractivity contribution in [1.29, 1.82) is 0 Å². The van der Waals surface area contributed by atoms with Crippen LogP contribution in [0.5, 0.6) is 0 Å². The minimum atomic E-state index is 0.569. The lowest BCUT2D eigenvalue weighted by molar-refractivity contribution is -1.02. The number of hydrogen-bond acceptors (Lipinski definition) is 1. The second kappa shape index (κ2) is 7.67. The molecule has 26 heavy (non-hydrogen) atoms. The molecular formula is C22H29BrN2S+2. The van der Waals surface area contributed by atoms with Gasteiger partial charge in [0.1, 0.15) is 32.2 Å². The minimum absolute atomic E-state index is 0.569. The lowest BCUT2D eigenvalue weighted by atomic mass is 9.93. The summed E-state index contributed by atoms with van der Waals surface area (Å²) in [6.45, 7) is 9.72. The normalized spacial score (nSPS) is 25.5. The molecule has 0 aliphatic carbocycles. The van der Waals surface area contributed by atoms with Crippen LogP contribution >= 0.6 is 27.7 Å². The Labute approximate surface area is 170 Å². The van der Waals surface area contributed by atoms with Crippen molar-refractivity contribution in [3.8, 4) is 0 Å². The third-order valence-electron chi connectivity index (χ3n) is 5.98. The van der Waals surface area contributed by atoms with Gasteiger partial charge in [-0.3, -0.25) is 0 Å². The summed E-state index contributed by atoms with van der Waals surface area (Å²) in [6.07, 6.45) is 1.14. The van der Waals surface area contributed by atoms with Gasteiger partial charge >= 0.3 is 0 Å². The van der Waals surface area contributed by atoms with E-state index in [4.69, 9.17) is 0 Å². The first-order valence-corrected chi connectivity index (χ1v) is 11.4. The highest BCUT2D eigenvalue weighted by atomic mass is 79.9. The predicted molar refractivity (Wildman–Crippen MR) is 113 cm³/mol. The molecular weight excluding hydrogens is 404 g/mol. The van der Waals surface area contributed by atoms with Crippen LogP contribution in [-0.4, -0.2) is 33.2 Å². The van der Waals surface area contributed by atoms with Crippen molar-refractivity contribution in [1.82, 2.24) is 0 Å². The summed E-state index contributed by atoms with van der Waals surface area (Å²) in [7, 11) is 2.33. The van der Waals surface area contributed by atoms with E-state index >= 15 is 0 Å². The quantitative estimate of drug-likeness (QED) is 0.741. The van der Waals surface area contributed by atoms with E-state index in [-0.39, 0.29) is 0 Å². The summed E-state index contributed by atoms with van der Waals surface area (Å²) in [5.74, 6) is 0.581. The summed E-state index contributed by atoms with van der Waals surface area (Å²) in [4.78, 5) is 6.33. The molecule has 0 radical (unpaired) electrons. The molecule has 1 fully saturated rings. The van der Waals surface area contributed by atoms with Crippen molar-refractivity contribution in [3.63, 3.8) is 0 Å². The van der Waals surface area contributed by atoms with Gasteiger partial charge in [0.25, 0.3) is 0 Å². The highest BCUT2D eigenvalue weighted by molar-refractivity contribution is 9.10. The molecule has 0 amide bonds. The highest BCUT2D eigenvalue weighted by Gasteiger charge is 2.34. The maximum Gasteiger partial charge on any atom is 0.127 e. The highest BCUT2D eigenvalue weighted by Crippen LogP contribution is 2.41. The minimum Gasteiger partial charge on any atom is -0.328 e. The molecule has 4 rings (SSSR count). The summed E-state index contributed by atoms with van der Waals surface area (Å²) in [6, 6.07) is 14.6. The van der Waals surface area contributed by atoms with Crippen LogP contribution in [0.15, 0.2) is 50.7 Å². The van der Waals surface area contributed by atoms with Crippen LogP contribution in [0.25, 0.3) is 0 Å². The molecule has 0 bridgehead atoms. The fraction of sp³-hybridized carbons (Fsp3) is 0.455. The van der Waals surface area contributed by atoms with Crippen LogP contribution in [0.4, 0.5) is 0 Å². The van der Waals surface area contributed by atoms with Gasteiger partial charge in [0, 0.05) is 26.2 Å². The number of piperazine rings is 1. The molecule has 0 aromatic heterocycles. The fourth-order valence-corrected chi connectivity index (χ4v) is 5.77. The number of rotatable bonds is 2. The van der Waals surface area contributed by atoms with Crippen molar-refractivity contribution in [2.75, 3.05) is 33.2 Å². The van der Waals surface area contributed by atoms with Crippen molar-refractivity contribution < 1.29 is 9.80 Å². The standard InChI is InChI=1S/C22H27BrN2S/c1-15(2)16-4-6-22-19(13-16)20(25-10-8-24(3)9-11-25)14-17-12-18(23)5-7-21(17)26-22/h4-7,12-13,15,20H,8-11,14H2,1-3H3/p+2/t20-/m0/s1. The molecule has 2 heterocycles. The summed E-state index contributed by atoms with van der Waals surface area (Å²) < 4.78 is 1.20. The predicted octanol–water partition coefficient (Wildman–Crippen LogP) is 2.73. The second-order valence-electron chi connectivity index (χ2n) is 8.18. The van der Waals surface area contributed by atoms with Crippen molar-refractivity contribution in [2.45, 2.75) is 42.0 Å². The molecule has 0 spiro atoms. The Balaban J connectivity index is 1.78. The fourth-order valence-electron chi connectivity index (χ4n) is 4.26. The third-order valence-corrected chi connectivity index (χ3v) is 7.68. The van der Waals surface area contributed by atoms with Gasteiger partial charge in [-0.25, -0.2) is 0 Å². The molecule has 2 aromatic carbocycles. The van der Waals surface area contributed by atoms with Gasteiger partial charge in [-0.1, -0.05) is 47.6 Å². The lowest BCUT2D eigenvalue weighted by Gasteiger charge is -2.34. The zero-order valence-corrected chi connectivity index (χ0v) is 18.3. The second-order valence-corrected chi connectivity index (χ2v) is 10.2. The van der Waals surface area contributed by atoms with Crippen LogP contribution < -0.4 is 9.80 Å². The van der Waals surface area contributed by atoms with Crippen LogP contribution in [0.1, 0.15) is 42.5 Å². The van der Waals surface area contributed by atoms with Crippen molar-refractivity contribution in [2.24, 2.45) is 0 Å². The molecule has 1 atom stereocenters. The zero-order valence-electron chi connectivity index (χ0n) is 15.9. The molecule has 2 N–H and O–H groups in total. The molecule has 2 aliphatic heterocycles. The van der Waals surface area contributed by atoms with Gasteiger partial charge in [-0.05, 0) is 47.4 Å². The SMILES string of the molecule is CC(C)c1ccc2c(c1)[C@@H]([NH+]1CC[NH+](C)CC1)Cc1cc(Br)ccc1S2. The van der Waals surface area contributed by atoms with Crippen molar-refractivity contribution >= 4 is 27.7 Å². The number of halogens is 1. The Hall–Kier alpha value is -0.810. The Kier molecular flexibility index (Phi) is 5.47. The van der Waals surface area contributed by atoms with E-state index in [1.54, 1.807) is 15.4 Å². The summed E-state index contributed by atoms with van der Waals surface area (Å²) in [5.41, 5.74) is 4.54. The van der Waals surface area contributed by atoms with E-state index in [0.29, 0.717) is 12.0 Å². The maximum atomic E-state index is 3.69. The van der Waals surface area contributed by atoms with Gasteiger partial charge in [0.15, 0.2) is 0 Å². The summed E-state index contributed by atoms with van der Waals surface area (Å²) in [5, 5.41) is 0. The molecule has 2 aromatic rings. The zero-order chi connectivity index (χ0) is 18.3. The third kappa shape index (κ3) is 3.75. The molecule has 2 aliphatic rings. The lowest BCUT2D eigenvalue weighted by Crippen LogP contribution is -3.27. The monoisotopic (exact) mass is 432 g/mol. The molecule has 1 saturated heterocycles. The Bertz CT molecular complexity index is 797. The van der Waals surface area contributed by atoms with Crippen LogP contribution in [0, 0.1) is 0 Å².